The van der Waals surface area contributed by atoms with Gasteiger partial charge in [-0.2, -0.15) is 0 Å². The second kappa shape index (κ2) is 10.8. The highest BCUT2D eigenvalue weighted by Crippen LogP contribution is 2.15. The van der Waals surface area contributed by atoms with E-state index in [9.17, 15) is 18.0 Å². The summed E-state index contributed by atoms with van der Waals surface area (Å²) < 4.78 is 25.1. The van der Waals surface area contributed by atoms with E-state index in [4.69, 9.17) is 0 Å². The van der Waals surface area contributed by atoms with Crippen LogP contribution in [-0.2, 0) is 14.8 Å². The highest BCUT2D eigenvalue weighted by molar-refractivity contribution is 7.89. The van der Waals surface area contributed by atoms with Gasteiger partial charge in [-0.3, -0.25) is 15.0 Å². The molecule has 3 N–H and O–H groups in total. The van der Waals surface area contributed by atoms with E-state index in [0.29, 0.717) is 11.1 Å². The number of anilines is 1. The zero-order chi connectivity index (χ0) is 24.7. The molecular weight excluding hydrogens is 452 g/mol. The second-order valence-corrected chi connectivity index (χ2v) is 9.42. The second-order valence-electron chi connectivity index (χ2n) is 7.74. The van der Waals surface area contributed by atoms with Crippen LogP contribution in [0.3, 0.4) is 0 Å². The summed E-state index contributed by atoms with van der Waals surface area (Å²) in [6.07, 6.45) is 1.47. The van der Waals surface area contributed by atoms with E-state index >= 15 is 0 Å². The van der Waals surface area contributed by atoms with Crippen molar-refractivity contribution >= 4 is 33.6 Å². The number of carbonyl (C=O) groups is 2. The Hall–Kier alpha value is -3.95. The molecule has 0 heterocycles. The molecule has 3 aromatic rings. The van der Waals surface area contributed by atoms with Crippen LogP contribution in [0, 0.1) is 6.92 Å². The van der Waals surface area contributed by atoms with Crippen LogP contribution in [0.2, 0.25) is 0 Å². The first kappa shape index (κ1) is 24.7. The molecule has 34 heavy (non-hydrogen) atoms. The molecule has 0 fully saturated rings. The van der Waals surface area contributed by atoms with Gasteiger partial charge in [0.25, 0.3) is 21.8 Å². The summed E-state index contributed by atoms with van der Waals surface area (Å²) in [5.41, 5.74) is 4.90. The Morgan fingerprint density at radius 3 is 2.06 bits per heavy atom. The number of hydrazine groups is 1. The van der Waals surface area contributed by atoms with Crippen LogP contribution in [-0.4, -0.2) is 34.3 Å². The molecule has 0 saturated heterocycles. The summed E-state index contributed by atoms with van der Waals surface area (Å²) in [6.45, 7) is 1.84. The summed E-state index contributed by atoms with van der Waals surface area (Å²) in [5.74, 6) is -1.33. The van der Waals surface area contributed by atoms with Crippen molar-refractivity contribution < 1.29 is 18.0 Å². The lowest BCUT2D eigenvalue weighted by Gasteiger charge is -2.14. The van der Waals surface area contributed by atoms with Gasteiger partial charge in [-0.15, -0.1) is 4.83 Å². The highest BCUT2D eigenvalue weighted by Gasteiger charge is 2.19. The summed E-state index contributed by atoms with van der Waals surface area (Å²) >= 11 is 0. The van der Waals surface area contributed by atoms with Gasteiger partial charge >= 0.3 is 0 Å². The third-order valence-electron chi connectivity index (χ3n) is 4.88. The lowest BCUT2D eigenvalue weighted by Crippen LogP contribution is -2.45. The van der Waals surface area contributed by atoms with Gasteiger partial charge in [0, 0.05) is 25.3 Å². The average Bonchev–Trinajstić information content (AvgIpc) is 2.83. The van der Waals surface area contributed by atoms with E-state index in [0.717, 1.165) is 11.3 Å². The number of nitrogens with zero attached hydrogens (tertiary/aromatic N) is 1. The normalized spacial score (nSPS) is 11.6. The van der Waals surface area contributed by atoms with Crippen LogP contribution in [0.15, 0.2) is 89.5 Å². The Balaban J connectivity index is 1.83. The van der Waals surface area contributed by atoms with Gasteiger partial charge in [0.2, 0.25) is 0 Å². The Morgan fingerprint density at radius 2 is 1.47 bits per heavy atom. The molecule has 176 valence electrons. The van der Waals surface area contributed by atoms with Crippen molar-refractivity contribution in [3.63, 3.8) is 0 Å². The number of hydrogen-bond donors (Lipinski definition) is 3. The number of rotatable bonds is 8. The maximum atomic E-state index is 12.9. The maximum absolute atomic E-state index is 12.9. The van der Waals surface area contributed by atoms with Crippen molar-refractivity contribution in [2.24, 2.45) is 0 Å². The largest absolute Gasteiger partial charge is 0.378 e. The number of benzene rings is 3. The van der Waals surface area contributed by atoms with Crippen LogP contribution in [0.4, 0.5) is 5.69 Å². The van der Waals surface area contributed by atoms with Gasteiger partial charge in [0.15, 0.2) is 0 Å². The number of nitrogens with one attached hydrogen (secondary N) is 3. The topological polar surface area (TPSA) is 108 Å². The average molecular weight is 479 g/mol. The molecule has 0 radical (unpaired) electrons. The highest BCUT2D eigenvalue weighted by atomic mass is 32.2. The zero-order valence-electron chi connectivity index (χ0n) is 19.1. The van der Waals surface area contributed by atoms with Crippen molar-refractivity contribution in [1.82, 2.24) is 15.6 Å². The molecule has 3 aromatic carbocycles. The maximum Gasteiger partial charge on any atom is 0.282 e. The molecule has 0 saturated carbocycles. The molecule has 2 amide bonds. The third kappa shape index (κ3) is 6.53. The molecule has 0 spiro atoms. The molecule has 0 atom stereocenters. The van der Waals surface area contributed by atoms with Crippen molar-refractivity contribution in [3.8, 4) is 0 Å². The van der Waals surface area contributed by atoms with Gasteiger partial charge in [-0.1, -0.05) is 48.0 Å². The van der Waals surface area contributed by atoms with Crippen LogP contribution < -0.4 is 20.5 Å². The fourth-order valence-corrected chi connectivity index (χ4v) is 3.77. The molecule has 0 aromatic heterocycles. The molecule has 0 bridgehead atoms. The number of hydrogen-bond acceptors (Lipinski definition) is 5. The van der Waals surface area contributed by atoms with Gasteiger partial charge in [0.05, 0.1) is 4.90 Å². The van der Waals surface area contributed by atoms with Crippen LogP contribution in [0.5, 0.6) is 0 Å². The van der Waals surface area contributed by atoms with E-state index in [1.54, 1.807) is 54.6 Å². The Kier molecular flexibility index (Phi) is 7.83. The molecule has 0 aliphatic carbocycles. The number of carbonyl (C=O) groups excluding carboxylic acids is 2. The Labute approximate surface area is 199 Å². The minimum atomic E-state index is -4.00. The number of sulfonamides is 1. The minimum absolute atomic E-state index is 0.00322. The van der Waals surface area contributed by atoms with Crippen molar-refractivity contribution in [1.29, 1.82) is 0 Å². The third-order valence-corrected chi connectivity index (χ3v) is 6.14. The van der Waals surface area contributed by atoms with E-state index in [1.165, 1.54) is 18.2 Å². The first-order valence-corrected chi connectivity index (χ1v) is 11.9. The van der Waals surface area contributed by atoms with E-state index in [-0.39, 0.29) is 10.6 Å². The molecule has 9 heteroatoms. The molecular formula is C25H26N4O4S. The SMILES string of the molecule is Cc1ccc(S(=O)(=O)NNC(=O)/C(=C/c2ccc(N(C)C)cc2)NC(=O)c2ccccc2)cc1. The number of aryl methyl sites for hydroxylation is 1. The van der Waals surface area contributed by atoms with Crippen molar-refractivity contribution in [2.75, 3.05) is 19.0 Å². The van der Waals surface area contributed by atoms with Gasteiger partial charge in [0.1, 0.15) is 5.70 Å². The van der Waals surface area contributed by atoms with Crippen molar-refractivity contribution in [3.05, 3.63) is 101 Å². The lowest BCUT2D eigenvalue weighted by atomic mass is 10.1. The lowest BCUT2D eigenvalue weighted by molar-refractivity contribution is -0.118. The van der Waals surface area contributed by atoms with Crippen LogP contribution >= 0.6 is 0 Å². The summed E-state index contributed by atoms with van der Waals surface area (Å²) in [6, 6.07) is 21.9. The summed E-state index contributed by atoms with van der Waals surface area (Å²) in [7, 11) is -0.188. The molecule has 0 unspecified atom stereocenters. The van der Waals surface area contributed by atoms with Crippen LogP contribution in [0.25, 0.3) is 6.08 Å². The Bertz CT molecular complexity index is 1290. The fourth-order valence-electron chi connectivity index (χ4n) is 2.93. The van der Waals surface area contributed by atoms with E-state index in [1.807, 2.05) is 38.1 Å². The van der Waals surface area contributed by atoms with E-state index < -0.39 is 21.8 Å². The quantitative estimate of drug-likeness (QED) is 0.341. The monoisotopic (exact) mass is 478 g/mol. The number of amides is 2. The standard InChI is InChI=1S/C25H26N4O4S/c1-18-9-15-22(16-10-18)34(32,33)28-27-25(31)23(26-24(30)20-7-5-4-6-8-20)17-19-11-13-21(14-12-19)29(2)3/h4-17,28H,1-3H3,(H,26,30)(H,27,31)/b23-17-. The zero-order valence-corrected chi connectivity index (χ0v) is 19.9. The molecule has 0 aliphatic heterocycles. The smallest absolute Gasteiger partial charge is 0.282 e. The van der Waals surface area contributed by atoms with E-state index in [2.05, 4.69) is 15.6 Å². The van der Waals surface area contributed by atoms with Gasteiger partial charge < -0.3 is 10.2 Å². The van der Waals surface area contributed by atoms with Crippen molar-refractivity contribution in [2.45, 2.75) is 11.8 Å². The first-order valence-electron chi connectivity index (χ1n) is 10.4. The summed E-state index contributed by atoms with van der Waals surface area (Å²) in [5, 5.41) is 2.57. The van der Waals surface area contributed by atoms with Gasteiger partial charge in [-0.05, 0) is 55.0 Å². The fraction of sp³-hybridized carbons (Fsp3) is 0.120. The molecule has 3 rings (SSSR count). The van der Waals surface area contributed by atoms with Crippen LogP contribution in [0.1, 0.15) is 21.5 Å². The Morgan fingerprint density at radius 1 is 0.853 bits per heavy atom. The molecule has 8 nitrogen and oxygen atoms in total. The predicted molar refractivity (Wildman–Crippen MR) is 132 cm³/mol. The first-order chi connectivity index (χ1) is 16.2. The molecule has 0 aliphatic rings. The van der Waals surface area contributed by atoms with Gasteiger partial charge in [-0.25, -0.2) is 8.42 Å². The predicted octanol–water partition coefficient (Wildman–Crippen LogP) is 2.84. The summed E-state index contributed by atoms with van der Waals surface area (Å²) in [4.78, 5) is 29.6. The minimum Gasteiger partial charge on any atom is -0.378 e.